The van der Waals surface area contributed by atoms with Gasteiger partial charge in [-0.1, -0.05) is 45.0 Å². The summed E-state index contributed by atoms with van der Waals surface area (Å²) in [5.41, 5.74) is 3.10. The number of piperidine rings is 1. The summed E-state index contributed by atoms with van der Waals surface area (Å²) >= 11 is 0. The van der Waals surface area contributed by atoms with Crippen LogP contribution in [0.25, 0.3) is 16.5 Å². The molecule has 0 aliphatic carbocycles. The van der Waals surface area contributed by atoms with Gasteiger partial charge in [0.15, 0.2) is 0 Å². The summed E-state index contributed by atoms with van der Waals surface area (Å²) in [5.74, 6) is 2.13. The molecule has 2 aromatic carbocycles. The van der Waals surface area contributed by atoms with E-state index in [-0.39, 0.29) is 11.4 Å². The fourth-order valence-corrected chi connectivity index (χ4v) is 4.90. The second kappa shape index (κ2) is 11.5. The van der Waals surface area contributed by atoms with Gasteiger partial charge >= 0.3 is 6.03 Å². The molecule has 5 rings (SSSR count). The van der Waals surface area contributed by atoms with Gasteiger partial charge < -0.3 is 15.4 Å². The van der Waals surface area contributed by atoms with Crippen molar-refractivity contribution in [2.45, 2.75) is 52.4 Å². The molecule has 3 heterocycles. The number of carbonyl (C=O) groups is 1. The molecule has 1 aliphatic rings. The Labute approximate surface area is 230 Å². The molecule has 0 spiro atoms. The molecule has 0 bridgehead atoms. The Balaban J connectivity index is 1.33. The summed E-state index contributed by atoms with van der Waals surface area (Å²) < 4.78 is 7.95. The van der Waals surface area contributed by atoms with Crippen LogP contribution in [0.4, 0.5) is 16.3 Å². The number of ether oxygens (including phenoxy) is 1. The number of aryl methyl sites for hydroxylation is 1. The molecular weight excluding hydrogens is 488 g/mol. The highest BCUT2D eigenvalue weighted by Gasteiger charge is 2.22. The monoisotopic (exact) mass is 526 g/mol. The van der Waals surface area contributed by atoms with Gasteiger partial charge in [-0.25, -0.2) is 9.48 Å². The van der Waals surface area contributed by atoms with Crippen molar-refractivity contribution in [2.24, 2.45) is 5.92 Å². The van der Waals surface area contributed by atoms with E-state index in [1.807, 2.05) is 61.5 Å². The third-order valence-corrected chi connectivity index (χ3v) is 7.23. The van der Waals surface area contributed by atoms with Crippen LogP contribution in [0.15, 0.2) is 60.8 Å². The lowest BCUT2D eigenvalue weighted by Gasteiger charge is -2.22. The molecule has 0 atom stereocenters. The van der Waals surface area contributed by atoms with Crippen molar-refractivity contribution in [3.8, 4) is 11.4 Å². The van der Waals surface area contributed by atoms with E-state index in [4.69, 9.17) is 9.84 Å². The van der Waals surface area contributed by atoms with E-state index in [1.54, 1.807) is 10.9 Å². The average molecular weight is 527 g/mol. The molecule has 4 aromatic rings. The molecule has 204 valence electrons. The second-order valence-electron chi connectivity index (χ2n) is 11.3. The van der Waals surface area contributed by atoms with E-state index in [2.05, 4.69) is 41.7 Å². The number of benzene rings is 2. The maximum Gasteiger partial charge on any atom is 0.324 e. The van der Waals surface area contributed by atoms with Crippen LogP contribution in [0.3, 0.4) is 0 Å². The highest BCUT2D eigenvalue weighted by Crippen LogP contribution is 2.33. The standard InChI is InChI=1S/C31H38N6O2/c1-21-9-10-23(20-33-21)37-29(19-28(36-37)31(2,3)4)35-30(38)34-26-11-12-27(25-8-6-5-7-24(25)26)39-18-15-22-13-16-32-17-14-22/h5-12,19-20,22,32H,13-18H2,1-4H3,(H2,34,35,38). The Morgan fingerprint density at radius 3 is 2.54 bits per heavy atom. The Hall–Kier alpha value is -3.91. The number of nitrogens with one attached hydrogen (secondary N) is 3. The number of fused-ring (bicyclic) bond motifs is 1. The van der Waals surface area contributed by atoms with E-state index in [1.165, 1.54) is 12.8 Å². The molecule has 1 saturated heterocycles. The Morgan fingerprint density at radius 1 is 1.05 bits per heavy atom. The number of carbonyl (C=O) groups excluding carboxylic acids is 1. The Bertz CT molecular complexity index is 1430. The number of nitrogens with zero attached hydrogens (tertiary/aromatic N) is 3. The molecule has 2 amide bonds. The van der Waals surface area contributed by atoms with Gasteiger partial charge in [0.1, 0.15) is 11.6 Å². The Morgan fingerprint density at radius 2 is 1.82 bits per heavy atom. The number of pyridine rings is 1. The molecule has 8 heteroatoms. The minimum Gasteiger partial charge on any atom is -0.493 e. The van der Waals surface area contributed by atoms with E-state index in [9.17, 15) is 4.79 Å². The van der Waals surface area contributed by atoms with E-state index in [0.29, 0.717) is 24.0 Å². The van der Waals surface area contributed by atoms with Crippen molar-refractivity contribution >= 4 is 28.3 Å². The number of rotatable bonds is 7. The molecule has 2 aromatic heterocycles. The molecular formula is C31H38N6O2. The predicted octanol–water partition coefficient (Wildman–Crippen LogP) is 6.44. The van der Waals surface area contributed by atoms with Gasteiger partial charge in [0.2, 0.25) is 0 Å². The molecule has 1 fully saturated rings. The lowest BCUT2D eigenvalue weighted by atomic mass is 9.92. The van der Waals surface area contributed by atoms with E-state index >= 15 is 0 Å². The number of hydrogen-bond acceptors (Lipinski definition) is 5. The van der Waals surface area contributed by atoms with Crippen molar-refractivity contribution < 1.29 is 9.53 Å². The average Bonchev–Trinajstić information content (AvgIpc) is 3.35. The van der Waals surface area contributed by atoms with Gasteiger partial charge in [-0.2, -0.15) is 5.10 Å². The summed E-state index contributed by atoms with van der Waals surface area (Å²) in [6.07, 6.45) is 5.23. The van der Waals surface area contributed by atoms with Crippen LogP contribution in [0, 0.1) is 12.8 Å². The number of anilines is 2. The highest BCUT2D eigenvalue weighted by atomic mass is 16.5. The second-order valence-corrected chi connectivity index (χ2v) is 11.3. The van der Waals surface area contributed by atoms with Crippen LogP contribution >= 0.6 is 0 Å². The summed E-state index contributed by atoms with van der Waals surface area (Å²) in [7, 11) is 0. The number of hydrogen-bond donors (Lipinski definition) is 3. The lowest BCUT2D eigenvalue weighted by molar-refractivity contribution is 0.254. The summed E-state index contributed by atoms with van der Waals surface area (Å²) in [5, 5.41) is 16.1. The number of aromatic nitrogens is 3. The molecule has 0 saturated carbocycles. The molecule has 1 aliphatic heterocycles. The van der Waals surface area contributed by atoms with Crippen LogP contribution in [-0.4, -0.2) is 40.5 Å². The quantitative estimate of drug-likeness (QED) is 0.258. The van der Waals surface area contributed by atoms with Crippen molar-refractivity contribution in [1.82, 2.24) is 20.1 Å². The van der Waals surface area contributed by atoms with Crippen LogP contribution in [-0.2, 0) is 5.41 Å². The molecule has 3 N–H and O–H groups in total. The van der Waals surface area contributed by atoms with Crippen LogP contribution in [0.5, 0.6) is 5.75 Å². The first-order valence-corrected chi connectivity index (χ1v) is 13.7. The minimum absolute atomic E-state index is 0.184. The number of amides is 2. The van der Waals surface area contributed by atoms with Gasteiger partial charge in [-0.05, 0) is 69.5 Å². The zero-order chi connectivity index (χ0) is 27.4. The van der Waals surface area contributed by atoms with E-state index < -0.39 is 0 Å². The molecule has 0 unspecified atom stereocenters. The third kappa shape index (κ3) is 6.40. The van der Waals surface area contributed by atoms with Gasteiger partial charge in [0.25, 0.3) is 0 Å². The van der Waals surface area contributed by atoms with Crippen molar-refractivity contribution in [1.29, 1.82) is 0 Å². The molecule has 8 nitrogen and oxygen atoms in total. The zero-order valence-corrected chi connectivity index (χ0v) is 23.3. The van der Waals surface area contributed by atoms with Gasteiger partial charge in [-0.3, -0.25) is 10.3 Å². The van der Waals surface area contributed by atoms with Gasteiger partial charge in [-0.15, -0.1) is 0 Å². The predicted molar refractivity (Wildman–Crippen MR) is 157 cm³/mol. The van der Waals surface area contributed by atoms with Crippen LogP contribution < -0.4 is 20.7 Å². The maximum absolute atomic E-state index is 13.2. The van der Waals surface area contributed by atoms with Crippen molar-refractivity contribution in [2.75, 3.05) is 30.3 Å². The fraction of sp³-hybridized carbons (Fsp3) is 0.387. The fourth-order valence-electron chi connectivity index (χ4n) is 4.90. The largest absolute Gasteiger partial charge is 0.493 e. The first kappa shape index (κ1) is 26.7. The summed E-state index contributed by atoms with van der Waals surface area (Å²) in [6.45, 7) is 11.1. The maximum atomic E-state index is 13.2. The summed E-state index contributed by atoms with van der Waals surface area (Å²) in [4.78, 5) is 17.6. The third-order valence-electron chi connectivity index (χ3n) is 7.23. The zero-order valence-electron chi connectivity index (χ0n) is 23.3. The van der Waals surface area contributed by atoms with Crippen LogP contribution in [0.2, 0.25) is 0 Å². The summed E-state index contributed by atoms with van der Waals surface area (Å²) in [6, 6.07) is 17.3. The Kier molecular flexibility index (Phi) is 7.84. The van der Waals surface area contributed by atoms with Gasteiger partial charge in [0.05, 0.1) is 29.9 Å². The molecule has 39 heavy (non-hydrogen) atoms. The lowest BCUT2D eigenvalue weighted by Crippen LogP contribution is -2.28. The van der Waals surface area contributed by atoms with E-state index in [0.717, 1.165) is 53.1 Å². The normalized spacial score (nSPS) is 14.4. The SMILES string of the molecule is Cc1ccc(-n2nc(C(C)(C)C)cc2NC(=O)Nc2ccc(OCCC3CCNCC3)c3ccccc23)cn1. The van der Waals surface area contributed by atoms with Gasteiger partial charge in [0, 0.05) is 27.9 Å². The smallest absolute Gasteiger partial charge is 0.324 e. The topological polar surface area (TPSA) is 93.1 Å². The van der Waals surface area contributed by atoms with Crippen LogP contribution in [0.1, 0.15) is 51.4 Å². The first-order valence-electron chi connectivity index (χ1n) is 13.7. The van der Waals surface area contributed by atoms with Crippen molar-refractivity contribution in [3.63, 3.8) is 0 Å². The molecule has 0 radical (unpaired) electrons. The number of urea groups is 1. The highest BCUT2D eigenvalue weighted by molar-refractivity contribution is 6.07. The van der Waals surface area contributed by atoms with Crippen molar-refractivity contribution in [3.05, 3.63) is 72.2 Å². The first-order chi connectivity index (χ1) is 18.8. The minimum atomic E-state index is -0.346.